The minimum atomic E-state index is -0.828. The number of aliphatic carboxylic acids is 1. The maximum Gasteiger partial charge on any atom is 0.318 e. The lowest BCUT2D eigenvalue weighted by Crippen LogP contribution is -2.41. The molecule has 0 aliphatic carbocycles. The van der Waals surface area contributed by atoms with Gasteiger partial charge in [-0.3, -0.25) is 4.79 Å². The van der Waals surface area contributed by atoms with Gasteiger partial charge in [0.05, 0.1) is 5.69 Å². The van der Waals surface area contributed by atoms with Crippen LogP contribution >= 0.6 is 11.8 Å². The van der Waals surface area contributed by atoms with Crippen LogP contribution in [0.15, 0.2) is 24.3 Å². The standard InChI is InChI=1S/C11H12FNO2S/c12-8-3-1-2-4-9(8)13-5-6-16-10(7-13)11(14)15/h1-4,10H,5-7H2,(H,14,15). The molecule has 1 fully saturated rings. The fourth-order valence-electron chi connectivity index (χ4n) is 1.73. The third-order valence-electron chi connectivity index (χ3n) is 2.54. The number of para-hydroxylation sites is 1. The van der Waals surface area contributed by atoms with Gasteiger partial charge in [-0.2, -0.15) is 0 Å². The molecular formula is C11H12FNO2S. The molecule has 0 spiro atoms. The highest BCUT2D eigenvalue weighted by Gasteiger charge is 2.27. The van der Waals surface area contributed by atoms with Gasteiger partial charge in [-0.15, -0.1) is 11.8 Å². The van der Waals surface area contributed by atoms with Gasteiger partial charge >= 0.3 is 5.97 Å². The lowest BCUT2D eigenvalue weighted by Gasteiger charge is -2.32. The molecule has 16 heavy (non-hydrogen) atoms. The predicted octanol–water partition coefficient (Wildman–Crippen LogP) is 1.83. The summed E-state index contributed by atoms with van der Waals surface area (Å²) in [7, 11) is 0. The van der Waals surface area contributed by atoms with Crippen LogP contribution in [-0.4, -0.2) is 35.2 Å². The van der Waals surface area contributed by atoms with Gasteiger partial charge in [-0.05, 0) is 12.1 Å². The number of carbonyl (C=O) groups is 1. The summed E-state index contributed by atoms with van der Waals surface area (Å²) in [6, 6.07) is 6.47. The fraction of sp³-hybridized carbons (Fsp3) is 0.364. The average Bonchev–Trinajstić information content (AvgIpc) is 2.30. The quantitative estimate of drug-likeness (QED) is 0.857. The third-order valence-corrected chi connectivity index (χ3v) is 3.71. The van der Waals surface area contributed by atoms with Crippen molar-refractivity contribution in [1.82, 2.24) is 0 Å². The Morgan fingerprint density at radius 1 is 1.50 bits per heavy atom. The Labute approximate surface area is 97.3 Å². The molecule has 0 radical (unpaired) electrons. The first-order valence-electron chi connectivity index (χ1n) is 5.02. The first-order valence-corrected chi connectivity index (χ1v) is 6.07. The molecule has 2 rings (SSSR count). The van der Waals surface area contributed by atoms with Crippen molar-refractivity contribution in [1.29, 1.82) is 0 Å². The first kappa shape index (κ1) is 11.3. The van der Waals surface area contributed by atoms with Crippen molar-refractivity contribution in [2.75, 3.05) is 23.7 Å². The zero-order valence-corrected chi connectivity index (χ0v) is 9.41. The summed E-state index contributed by atoms with van der Waals surface area (Å²) in [6.07, 6.45) is 0. The number of anilines is 1. The van der Waals surface area contributed by atoms with Crippen molar-refractivity contribution in [3.05, 3.63) is 30.1 Å². The Morgan fingerprint density at radius 2 is 2.25 bits per heavy atom. The van der Waals surface area contributed by atoms with Gasteiger partial charge in [0.2, 0.25) is 0 Å². The molecule has 1 aliphatic rings. The van der Waals surface area contributed by atoms with Crippen molar-refractivity contribution < 1.29 is 14.3 Å². The average molecular weight is 241 g/mol. The molecule has 0 amide bonds. The second-order valence-electron chi connectivity index (χ2n) is 3.60. The first-order chi connectivity index (χ1) is 7.68. The van der Waals surface area contributed by atoms with E-state index in [-0.39, 0.29) is 5.82 Å². The highest BCUT2D eigenvalue weighted by atomic mass is 32.2. The number of nitrogens with zero attached hydrogens (tertiary/aromatic N) is 1. The van der Waals surface area contributed by atoms with Gasteiger partial charge in [-0.25, -0.2) is 4.39 Å². The SMILES string of the molecule is O=C(O)C1CN(c2ccccc2F)CCS1. The minimum absolute atomic E-state index is 0.293. The lowest BCUT2D eigenvalue weighted by atomic mass is 10.2. The van der Waals surface area contributed by atoms with E-state index in [1.54, 1.807) is 23.1 Å². The van der Waals surface area contributed by atoms with Crippen LogP contribution in [0.2, 0.25) is 0 Å². The zero-order valence-electron chi connectivity index (χ0n) is 8.60. The highest BCUT2D eigenvalue weighted by Crippen LogP contribution is 2.26. The van der Waals surface area contributed by atoms with Crippen molar-refractivity contribution in [3.8, 4) is 0 Å². The molecular weight excluding hydrogens is 229 g/mol. The van der Waals surface area contributed by atoms with Crippen LogP contribution in [0.4, 0.5) is 10.1 Å². The van der Waals surface area contributed by atoms with Gasteiger partial charge in [0.1, 0.15) is 11.1 Å². The molecule has 0 bridgehead atoms. The number of hydrogen-bond donors (Lipinski definition) is 1. The van der Waals surface area contributed by atoms with Gasteiger partial charge in [0.15, 0.2) is 0 Å². The largest absolute Gasteiger partial charge is 0.480 e. The molecule has 5 heteroatoms. The summed E-state index contributed by atoms with van der Waals surface area (Å²) < 4.78 is 13.5. The summed E-state index contributed by atoms with van der Waals surface area (Å²) in [6.45, 7) is 1.05. The zero-order chi connectivity index (χ0) is 11.5. The number of thioether (sulfide) groups is 1. The number of carboxylic acids is 1. The molecule has 0 aromatic heterocycles. The Hall–Kier alpha value is -1.23. The normalized spacial score (nSPS) is 20.8. The Bertz CT molecular complexity index is 399. The Morgan fingerprint density at radius 3 is 2.94 bits per heavy atom. The fourth-order valence-corrected chi connectivity index (χ4v) is 2.76. The topological polar surface area (TPSA) is 40.5 Å². The van der Waals surface area contributed by atoms with Crippen LogP contribution in [0.1, 0.15) is 0 Å². The minimum Gasteiger partial charge on any atom is -0.480 e. The van der Waals surface area contributed by atoms with Gasteiger partial charge < -0.3 is 10.0 Å². The molecule has 1 N–H and O–H groups in total. The lowest BCUT2D eigenvalue weighted by molar-refractivity contribution is -0.136. The van der Waals surface area contributed by atoms with Crippen LogP contribution in [-0.2, 0) is 4.79 Å². The summed E-state index contributed by atoms with van der Waals surface area (Å²) in [4.78, 5) is 12.7. The molecule has 1 aliphatic heterocycles. The van der Waals surface area contributed by atoms with Crippen LogP contribution in [0.25, 0.3) is 0 Å². The number of rotatable bonds is 2. The van der Waals surface area contributed by atoms with E-state index >= 15 is 0 Å². The monoisotopic (exact) mass is 241 g/mol. The number of hydrogen-bond acceptors (Lipinski definition) is 3. The van der Waals surface area contributed by atoms with Gasteiger partial charge in [0, 0.05) is 18.8 Å². The number of carboxylic acid groups (broad SMARTS) is 1. The van der Waals surface area contributed by atoms with E-state index in [1.807, 2.05) is 0 Å². The number of benzene rings is 1. The maximum atomic E-state index is 13.5. The van der Waals surface area contributed by atoms with E-state index in [2.05, 4.69) is 0 Å². The summed E-state index contributed by atoms with van der Waals surface area (Å²) in [5.41, 5.74) is 0.494. The van der Waals surface area contributed by atoms with E-state index < -0.39 is 11.2 Å². The van der Waals surface area contributed by atoms with Crippen LogP contribution in [0.5, 0.6) is 0 Å². The van der Waals surface area contributed by atoms with Crippen LogP contribution in [0, 0.1) is 5.82 Å². The molecule has 1 aromatic carbocycles. The Kier molecular flexibility index (Phi) is 3.33. The molecule has 1 aromatic rings. The van der Waals surface area contributed by atoms with Crippen LogP contribution < -0.4 is 4.90 Å². The van der Waals surface area contributed by atoms with Crippen molar-refractivity contribution in [3.63, 3.8) is 0 Å². The predicted molar refractivity (Wildman–Crippen MR) is 62.5 cm³/mol. The van der Waals surface area contributed by atoms with Crippen molar-refractivity contribution in [2.24, 2.45) is 0 Å². The molecule has 3 nitrogen and oxygen atoms in total. The summed E-state index contributed by atoms with van der Waals surface area (Å²) >= 11 is 1.41. The molecule has 86 valence electrons. The molecule has 1 unspecified atom stereocenters. The van der Waals surface area contributed by atoms with E-state index in [4.69, 9.17) is 5.11 Å². The second kappa shape index (κ2) is 4.74. The van der Waals surface area contributed by atoms with E-state index in [1.165, 1.54) is 17.8 Å². The third kappa shape index (κ3) is 2.29. The second-order valence-corrected chi connectivity index (χ2v) is 4.91. The van der Waals surface area contributed by atoms with E-state index in [0.29, 0.717) is 24.5 Å². The van der Waals surface area contributed by atoms with Crippen molar-refractivity contribution in [2.45, 2.75) is 5.25 Å². The summed E-state index contributed by atoms with van der Waals surface area (Å²) in [5.74, 6) is -0.407. The molecule has 0 saturated carbocycles. The summed E-state index contributed by atoms with van der Waals surface area (Å²) in [5, 5.41) is 8.47. The van der Waals surface area contributed by atoms with E-state index in [9.17, 15) is 9.18 Å². The van der Waals surface area contributed by atoms with E-state index in [0.717, 1.165) is 0 Å². The van der Waals surface area contributed by atoms with Crippen LogP contribution in [0.3, 0.4) is 0 Å². The molecule has 1 heterocycles. The molecule has 1 atom stereocenters. The highest BCUT2D eigenvalue weighted by molar-refractivity contribution is 8.00. The van der Waals surface area contributed by atoms with Gasteiger partial charge in [-0.1, -0.05) is 12.1 Å². The Balaban J connectivity index is 2.16. The molecule has 1 saturated heterocycles. The smallest absolute Gasteiger partial charge is 0.318 e. The number of halogens is 1. The maximum absolute atomic E-state index is 13.5. The van der Waals surface area contributed by atoms with Gasteiger partial charge in [0.25, 0.3) is 0 Å². The van der Waals surface area contributed by atoms with Crippen molar-refractivity contribution >= 4 is 23.4 Å².